The molecule has 1 heterocycles. The first-order chi connectivity index (χ1) is 6.93. The van der Waals surface area contributed by atoms with Crippen molar-refractivity contribution in [3.05, 3.63) is 0 Å². The predicted molar refractivity (Wildman–Crippen MR) is 60.1 cm³/mol. The number of hydrogen-bond acceptors (Lipinski definition) is 2. The molecule has 0 bridgehead atoms. The molecule has 0 radical (unpaired) electrons. The van der Waals surface area contributed by atoms with Gasteiger partial charge in [-0.15, -0.1) is 0 Å². The molecular weight excluding hydrogens is 192 g/mol. The van der Waals surface area contributed by atoms with Gasteiger partial charge in [0.05, 0.1) is 0 Å². The first kappa shape index (κ1) is 12.3. The van der Waals surface area contributed by atoms with Crippen LogP contribution in [0.4, 0.5) is 4.79 Å². The van der Waals surface area contributed by atoms with E-state index in [1.807, 2.05) is 13.8 Å². The van der Waals surface area contributed by atoms with Gasteiger partial charge in [0.2, 0.25) is 0 Å². The van der Waals surface area contributed by atoms with E-state index in [-0.39, 0.29) is 5.54 Å². The van der Waals surface area contributed by atoms with Gasteiger partial charge in [0.25, 0.3) is 0 Å². The molecule has 0 aromatic rings. The van der Waals surface area contributed by atoms with Crippen LogP contribution >= 0.6 is 0 Å². The third kappa shape index (κ3) is 3.38. The molecule has 2 N–H and O–H groups in total. The van der Waals surface area contributed by atoms with Crippen LogP contribution in [0.3, 0.4) is 0 Å². The van der Waals surface area contributed by atoms with Gasteiger partial charge in [-0.1, -0.05) is 0 Å². The summed E-state index contributed by atoms with van der Waals surface area (Å²) in [4.78, 5) is 12.3. The number of hydrogen-bond donors (Lipinski definition) is 2. The van der Waals surface area contributed by atoms with E-state index in [1.54, 1.807) is 7.05 Å². The molecule has 15 heavy (non-hydrogen) atoms. The summed E-state index contributed by atoms with van der Waals surface area (Å²) >= 11 is 0. The van der Waals surface area contributed by atoms with Crippen molar-refractivity contribution in [2.75, 3.05) is 20.1 Å². The Labute approximate surface area is 91.6 Å². The lowest BCUT2D eigenvalue weighted by molar-refractivity contribution is 0.0930. The fourth-order valence-corrected chi connectivity index (χ4v) is 2.20. The van der Waals surface area contributed by atoms with Crippen molar-refractivity contribution < 1.29 is 9.90 Å². The number of carboxylic acid groups (broad SMARTS) is 1. The molecular formula is C11H22N2O2. The van der Waals surface area contributed by atoms with Crippen molar-refractivity contribution in [3.8, 4) is 0 Å². The SMILES string of the molecule is CN(C(=O)O)C(C)(C)C[C@H]1CCCNC1. The Morgan fingerprint density at radius 2 is 2.27 bits per heavy atom. The number of nitrogens with one attached hydrogen (secondary N) is 1. The Hall–Kier alpha value is -0.770. The van der Waals surface area contributed by atoms with Crippen molar-refractivity contribution in [2.45, 2.75) is 38.6 Å². The minimum absolute atomic E-state index is 0.268. The van der Waals surface area contributed by atoms with E-state index in [4.69, 9.17) is 5.11 Å². The molecule has 1 atom stereocenters. The molecule has 0 aromatic heterocycles. The largest absolute Gasteiger partial charge is 0.465 e. The fraction of sp³-hybridized carbons (Fsp3) is 0.909. The van der Waals surface area contributed by atoms with Crippen LogP contribution in [0, 0.1) is 5.92 Å². The highest BCUT2D eigenvalue weighted by molar-refractivity contribution is 5.65. The molecule has 0 spiro atoms. The lowest BCUT2D eigenvalue weighted by Gasteiger charge is -2.37. The summed E-state index contributed by atoms with van der Waals surface area (Å²) in [7, 11) is 1.65. The topological polar surface area (TPSA) is 52.6 Å². The van der Waals surface area contributed by atoms with Gasteiger partial charge in [-0.25, -0.2) is 4.79 Å². The smallest absolute Gasteiger partial charge is 0.407 e. The number of carbonyl (C=O) groups is 1. The van der Waals surface area contributed by atoms with Gasteiger partial charge in [-0.2, -0.15) is 0 Å². The van der Waals surface area contributed by atoms with Gasteiger partial charge in [0.15, 0.2) is 0 Å². The predicted octanol–water partition coefficient (Wildman–Crippen LogP) is 1.76. The molecule has 0 saturated carbocycles. The van der Waals surface area contributed by atoms with Crippen molar-refractivity contribution in [1.29, 1.82) is 0 Å². The van der Waals surface area contributed by atoms with Crippen LogP contribution in [0.25, 0.3) is 0 Å². The maximum atomic E-state index is 10.9. The summed E-state index contributed by atoms with van der Waals surface area (Å²) in [5.41, 5.74) is -0.268. The molecule has 1 rings (SSSR count). The maximum Gasteiger partial charge on any atom is 0.407 e. The van der Waals surface area contributed by atoms with Crippen molar-refractivity contribution in [3.63, 3.8) is 0 Å². The minimum atomic E-state index is -0.844. The molecule has 0 aromatic carbocycles. The molecule has 1 fully saturated rings. The van der Waals surface area contributed by atoms with Gasteiger partial charge in [-0.3, -0.25) is 0 Å². The van der Waals surface area contributed by atoms with Gasteiger partial charge < -0.3 is 15.3 Å². The zero-order valence-corrected chi connectivity index (χ0v) is 9.92. The molecule has 1 aliphatic rings. The average Bonchev–Trinajstić information content (AvgIpc) is 2.17. The Balaban J connectivity index is 2.50. The van der Waals surface area contributed by atoms with Gasteiger partial charge in [0, 0.05) is 12.6 Å². The van der Waals surface area contributed by atoms with E-state index < -0.39 is 6.09 Å². The highest BCUT2D eigenvalue weighted by Gasteiger charge is 2.30. The number of amides is 1. The third-order valence-corrected chi connectivity index (χ3v) is 3.38. The zero-order valence-electron chi connectivity index (χ0n) is 9.92. The summed E-state index contributed by atoms with van der Waals surface area (Å²) in [5, 5.41) is 12.3. The fourth-order valence-electron chi connectivity index (χ4n) is 2.20. The second-order valence-corrected chi connectivity index (χ2v) is 5.07. The number of nitrogens with zero attached hydrogens (tertiary/aromatic N) is 1. The standard InChI is InChI=1S/C11H22N2O2/c1-11(2,13(3)10(14)15)7-9-5-4-6-12-8-9/h9,12H,4-8H2,1-3H3,(H,14,15)/t9-/m1/s1. The first-order valence-corrected chi connectivity index (χ1v) is 5.61. The van der Waals surface area contributed by atoms with Gasteiger partial charge >= 0.3 is 6.09 Å². The van der Waals surface area contributed by atoms with Crippen molar-refractivity contribution >= 4 is 6.09 Å². The Morgan fingerprint density at radius 3 is 2.73 bits per heavy atom. The molecule has 1 amide bonds. The summed E-state index contributed by atoms with van der Waals surface area (Å²) in [6, 6.07) is 0. The normalized spacial score (nSPS) is 22.5. The van der Waals surface area contributed by atoms with Crippen LogP contribution in [-0.2, 0) is 0 Å². The van der Waals surface area contributed by atoms with E-state index in [2.05, 4.69) is 5.32 Å². The van der Waals surface area contributed by atoms with Crippen LogP contribution in [0.1, 0.15) is 33.1 Å². The van der Waals surface area contributed by atoms with E-state index in [1.165, 1.54) is 17.7 Å². The van der Waals surface area contributed by atoms with Crippen LogP contribution in [0.5, 0.6) is 0 Å². The van der Waals surface area contributed by atoms with Crippen LogP contribution < -0.4 is 5.32 Å². The molecule has 1 aliphatic heterocycles. The number of rotatable bonds is 3. The quantitative estimate of drug-likeness (QED) is 0.752. The second-order valence-electron chi connectivity index (χ2n) is 5.07. The number of piperidine rings is 1. The Kier molecular flexibility index (Phi) is 3.97. The summed E-state index contributed by atoms with van der Waals surface area (Å²) in [6.45, 7) is 6.12. The highest BCUT2D eigenvalue weighted by atomic mass is 16.4. The van der Waals surface area contributed by atoms with Gasteiger partial charge in [-0.05, 0) is 52.1 Å². The summed E-state index contributed by atoms with van der Waals surface area (Å²) in [6.07, 6.45) is 2.51. The van der Waals surface area contributed by atoms with Crippen LogP contribution in [0.15, 0.2) is 0 Å². The van der Waals surface area contributed by atoms with E-state index >= 15 is 0 Å². The maximum absolute atomic E-state index is 10.9. The highest BCUT2D eigenvalue weighted by Crippen LogP contribution is 2.26. The summed E-state index contributed by atoms with van der Waals surface area (Å²) in [5.74, 6) is 0.607. The molecule has 4 nitrogen and oxygen atoms in total. The Bertz CT molecular complexity index is 223. The van der Waals surface area contributed by atoms with Crippen LogP contribution in [-0.4, -0.2) is 41.8 Å². The molecule has 0 unspecified atom stereocenters. The molecule has 1 saturated heterocycles. The lowest BCUT2D eigenvalue weighted by atomic mass is 9.85. The van der Waals surface area contributed by atoms with Gasteiger partial charge in [0.1, 0.15) is 0 Å². The van der Waals surface area contributed by atoms with Crippen LogP contribution in [0.2, 0.25) is 0 Å². The minimum Gasteiger partial charge on any atom is -0.465 e. The monoisotopic (exact) mass is 214 g/mol. The van der Waals surface area contributed by atoms with Crippen molar-refractivity contribution in [1.82, 2.24) is 10.2 Å². The van der Waals surface area contributed by atoms with E-state index in [0.29, 0.717) is 5.92 Å². The first-order valence-electron chi connectivity index (χ1n) is 5.61. The van der Waals surface area contributed by atoms with E-state index in [0.717, 1.165) is 19.5 Å². The average molecular weight is 214 g/mol. The summed E-state index contributed by atoms with van der Waals surface area (Å²) < 4.78 is 0. The molecule has 4 heteroatoms. The second kappa shape index (κ2) is 4.84. The zero-order chi connectivity index (χ0) is 11.5. The van der Waals surface area contributed by atoms with Crippen molar-refractivity contribution in [2.24, 2.45) is 5.92 Å². The third-order valence-electron chi connectivity index (χ3n) is 3.38. The molecule has 0 aliphatic carbocycles. The van der Waals surface area contributed by atoms with E-state index in [9.17, 15) is 4.79 Å². The Morgan fingerprint density at radius 1 is 1.60 bits per heavy atom. The molecule has 88 valence electrons. The lowest BCUT2D eigenvalue weighted by Crippen LogP contribution is -2.47.